The van der Waals surface area contributed by atoms with Gasteiger partial charge in [0.2, 0.25) is 0 Å². The van der Waals surface area contributed by atoms with Gasteiger partial charge in [-0.3, -0.25) is 9.89 Å². The lowest BCUT2D eigenvalue weighted by Crippen LogP contribution is -2.27. The van der Waals surface area contributed by atoms with Gasteiger partial charge in [0.1, 0.15) is 12.2 Å². The first-order valence-electron chi connectivity index (χ1n) is 5.09. The van der Waals surface area contributed by atoms with Crippen molar-refractivity contribution in [3.63, 3.8) is 0 Å². The van der Waals surface area contributed by atoms with Crippen molar-refractivity contribution in [1.29, 1.82) is 0 Å². The first-order chi connectivity index (χ1) is 8.18. The number of aromatic amines is 1. The molecule has 0 radical (unpaired) electrons. The molecule has 0 fully saturated rings. The second-order valence-electron chi connectivity index (χ2n) is 3.55. The Labute approximate surface area is 103 Å². The molecule has 0 saturated carbocycles. The number of nitrogens with zero attached hydrogens (tertiary/aromatic N) is 2. The number of carbonyl (C=O) groups excluding carboxylic acids is 1. The number of H-pyrrole nitrogens is 1. The number of carbonyl (C=O) groups is 1. The minimum Gasteiger partial charge on any atom is -0.342 e. The Bertz CT molecular complexity index is 512. The SMILES string of the molecule is CC(NC(=O)c1ccccc1Cl)c1ncn[nH]1. The van der Waals surface area contributed by atoms with Crippen molar-refractivity contribution in [1.82, 2.24) is 20.5 Å². The molecule has 17 heavy (non-hydrogen) atoms. The average molecular weight is 251 g/mol. The van der Waals surface area contributed by atoms with E-state index >= 15 is 0 Å². The number of rotatable bonds is 3. The van der Waals surface area contributed by atoms with Crippen LogP contribution in [0.4, 0.5) is 0 Å². The third-order valence-electron chi connectivity index (χ3n) is 2.31. The first-order valence-corrected chi connectivity index (χ1v) is 5.47. The van der Waals surface area contributed by atoms with Gasteiger partial charge < -0.3 is 5.32 Å². The van der Waals surface area contributed by atoms with E-state index in [-0.39, 0.29) is 11.9 Å². The van der Waals surface area contributed by atoms with Gasteiger partial charge in [-0.25, -0.2) is 4.98 Å². The number of hydrogen-bond acceptors (Lipinski definition) is 3. The molecule has 88 valence electrons. The summed E-state index contributed by atoms with van der Waals surface area (Å²) in [7, 11) is 0. The fourth-order valence-corrected chi connectivity index (χ4v) is 1.63. The van der Waals surface area contributed by atoms with E-state index in [0.717, 1.165) is 0 Å². The van der Waals surface area contributed by atoms with Crippen LogP contribution < -0.4 is 5.32 Å². The average Bonchev–Trinajstić information content (AvgIpc) is 2.82. The summed E-state index contributed by atoms with van der Waals surface area (Å²) in [5, 5.41) is 9.63. The molecule has 1 atom stereocenters. The van der Waals surface area contributed by atoms with Gasteiger partial charge in [0.25, 0.3) is 5.91 Å². The Morgan fingerprint density at radius 2 is 2.24 bits per heavy atom. The van der Waals surface area contributed by atoms with Gasteiger partial charge in [0, 0.05) is 0 Å². The Morgan fingerprint density at radius 3 is 2.88 bits per heavy atom. The lowest BCUT2D eigenvalue weighted by molar-refractivity contribution is 0.0938. The monoisotopic (exact) mass is 250 g/mol. The number of amides is 1. The van der Waals surface area contributed by atoms with Crippen LogP contribution in [-0.2, 0) is 0 Å². The second kappa shape index (κ2) is 4.97. The van der Waals surface area contributed by atoms with E-state index in [1.807, 2.05) is 6.92 Å². The molecule has 2 aromatic rings. The number of nitrogens with one attached hydrogen (secondary N) is 2. The molecular weight excluding hydrogens is 240 g/mol. The standard InChI is InChI=1S/C11H11ClN4O/c1-7(10-13-6-14-16-10)15-11(17)8-4-2-3-5-9(8)12/h2-7H,1H3,(H,15,17)(H,13,14,16). The minimum absolute atomic E-state index is 0.237. The second-order valence-corrected chi connectivity index (χ2v) is 3.95. The van der Waals surface area contributed by atoms with Gasteiger partial charge in [-0.15, -0.1) is 0 Å². The predicted octanol–water partition coefficient (Wildman–Crippen LogP) is 1.95. The highest BCUT2D eigenvalue weighted by molar-refractivity contribution is 6.33. The summed E-state index contributed by atoms with van der Waals surface area (Å²) in [6.07, 6.45) is 1.40. The highest BCUT2D eigenvalue weighted by Gasteiger charge is 2.15. The van der Waals surface area contributed by atoms with Crippen LogP contribution in [0.15, 0.2) is 30.6 Å². The van der Waals surface area contributed by atoms with Gasteiger partial charge >= 0.3 is 0 Å². The van der Waals surface area contributed by atoms with Crippen molar-refractivity contribution < 1.29 is 4.79 Å². The molecule has 5 nitrogen and oxygen atoms in total. The first kappa shape index (κ1) is 11.6. The van der Waals surface area contributed by atoms with E-state index in [2.05, 4.69) is 20.5 Å². The van der Waals surface area contributed by atoms with Crippen molar-refractivity contribution in [3.05, 3.63) is 47.0 Å². The Hall–Kier alpha value is -1.88. The molecule has 1 unspecified atom stereocenters. The summed E-state index contributed by atoms with van der Waals surface area (Å²) in [6.45, 7) is 1.81. The number of aromatic nitrogens is 3. The van der Waals surface area contributed by atoms with Crippen molar-refractivity contribution >= 4 is 17.5 Å². The Morgan fingerprint density at radius 1 is 1.47 bits per heavy atom. The van der Waals surface area contributed by atoms with Crippen LogP contribution in [0.5, 0.6) is 0 Å². The van der Waals surface area contributed by atoms with Crippen LogP contribution in [0.25, 0.3) is 0 Å². The topological polar surface area (TPSA) is 70.7 Å². The Balaban J connectivity index is 2.10. The number of benzene rings is 1. The van der Waals surface area contributed by atoms with Gasteiger partial charge in [0.15, 0.2) is 0 Å². The minimum atomic E-state index is -0.249. The molecule has 0 spiro atoms. The summed E-state index contributed by atoms with van der Waals surface area (Å²) < 4.78 is 0. The van der Waals surface area contributed by atoms with Crippen LogP contribution in [0.2, 0.25) is 5.02 Å². The molecule has 0 bridgehead atoms. The molecule has 0 saturated heterocycles. The normalized spacial score (nSPS) is 12.1. The summed E-state index contributed by atoms with van der Waals surface area (Å²) in [5.41, 5.74) is 0.445. The molecule has 0 aliphatic carbocycles. The zero-order valence-corrected chi connectivity index (χ0v) is 9.90. The van der Waals surface area contributed by atoms with E-state index in [4.69, 9.17) is 11.6 Å². The smallest absolute Gasteiger partial charge is 0.253 e. The van der Waals surface area contributed by atoms with Crippen molar-refractivity contribution in [2.24, 2.45) is 0 Å². The highest BCUT2D eigenvalue weighted by atomic mass is 35.5. The molecule has 0 aliphatic rings. The van der Waals surface area contributed by atoms with Crippen molar-refractivity contribution in [2.45, 2.75) is 13.0 Å². The van der Waals surface area contributed by atoms with E-state index in [1.165, 1.54) is 6.33 Å². The molecule has 2 N–H and O–H groups in total. The summed E-state index contributed by atoms with van der Waals surface area (Å²) in [6, 6.07) is 6.64. The van der Waals surface area contributed by atoms with E-state index in [0.29, 0.717) is 16.4 Å². The molecule has 1 heterocycles. The lowest BCUT2D eigenvalue weighted by atomic mass is 10.2. The summed E-state index contributed by atoms with van der Waals surface area (Å²) >= 11 is 5.93. The molecule has 0 aliphatic heterocycles. The van der Waals surface area contributed by atoms with Crippen LogP contribution in [0, 0.1) is 0 Å². The fraction of sp³-hybridized carbons (Fsp3) is 0.182. The van der Waals surface area contributed by atoms with Crippen LogP contribution >= 0.6 is 11.6 Å². The molecule has 6 heteroatoms. The maximum Gasteiger partial charge on any atom is 0.253 e. The van der Waals surface area contributed by atoms with Crippen molar-refractivity contribution in [3.8, 4) is 0 Å². The van der Waals surface area contributed by atoms with Crippen molar-refractivity contribution in [2.75, 3.05) is 0 Å². The number of halogens is 1. The Kier molecular flexibility index (Phi) is 3.39. The summed E-state index contributed by atoms with van der Waals surface area (Å²) in [5.74, 6) is 0.366. The van der Waals surface area contributed by atoms with E-state index < -0.39 is 0 Å². The highest BCUT2D eigenvalue weighted by Crippen LogP contribution is 2.16. The molecule has 1 amide bonds. The molecule has 2 rings (SSSR count). The molecule has 1 aromatic carbocycles. The largest absolute Gasteiger partial charge is 0.342 e. The van der Waals surface area contributed by atoms with Crippen LogP contribution in [0.3, 0.4) is 0 Å². The van der Waals surface area contributed by atoms with Gasteiger partial charge in [0.05, 0.1) is 16.6 Å². The lowest BCUT2D eigenvalue weighted by Gasteiger charge is -2.11. The fourth-order valence-electron chi connectivity index (χ4n) is 1.41. The van der Waals surface area contributed by atoms with Gasteiger partial charge in [-0.2, -0.15) is 5.10 Å². The van der Waals surface area contributed by atoms with Crippen LogP contribution in [-0.4, -0.2) is 21.1 Å². The third-order valence-corrected chi connectivity index (χ3v) is 2.64. The van der Waals surface area contributed by atoms with E-state index in [9.17, 15) is 4.79 Å². The number of hydrogen-bond donors (Lipinski definition) is 2. The van der Waals surface area contributed by atoms with Gasteiger partial charge in [-0.1, -0.05) is 23.7 Å². The maximum atomic E-state index is 11.9. The third kappa shape index (κ3) is 2.62. The zero-order valence-electron chi connectivity index (χ0n) is 9.14. The molecule has 1 aromatic heterocycles. The van der Waals surface area contributed by atoms with E-state index in [1.54, 1.807) is 24.3 Å². The quantitative estimate of drug-likeness (QED) is 0.875. The van der Waals surface area contributed by atoms with Crippen LogP contribution in [0.1, 0.15) is 29.1 Å². The maximum absolute atomic E-state index is 11.9. The zero-order chi connectivity index (χ0) is 12.3. The molecular formula is C11H11ClN4O. The predicted molar refractivity (Wildman–Crippen MR) is 63.7 cm³/mol. The summed E-state index contributed by atoms with van der Waals surface area (Å²) in [4.78, 5) is 15.9. The van der Waals surface area contributed by atoms with Gasteiger partial charge in [-0.05, 0) is 19.1 Å².